The highest BCUT2D eigenvalue weighted by Crippen LogP contribution is 2.02. The Morgan fingerprint density at radius 3 is 2.68 bits per heavy atom. The smallest absolute Gasteiger partial charge is 0.230 e. The highest BCUT2D eigenvalue weighted by Gasteiger charge is 2.20. The van der Waals surface area contributed by atoms with Crippen LogP contribution in [0, 0.1) is 5.92 Å². The van der Waals surface area contributed by atoms with Crippen molar-refractivity contribution in [1.29, 1.82) is 0 Å². The monoisotopic (exact) mass is 275 g/mol. The summed E-state index contributed by atoms with van der Waals surface area (Å²) in [6.45, 7) is 4.20. The van der Waals surface area contributed by atoms with Gasteiger partial charge < -0.3 is 25.7 Å². The van der Waals surface area contributed by atoms with Gasteiger partial charge in [0.2, 0.25) is 5.91 Å². The molecular formula is C12H25N3O4. The lowest BCUT2D eigenvalue weighted by atomic mass is 10.0. The SMILES string of the molecule is CCC(C(=O)NCCCCOCCOC)C(N)=NO. The lowest BCUT2D eigenvalue weighted by molar-refractivity contribution is -0.123. The fourth-order valence-electron chi connectivity index (χ4n) is 1.51. The van der Waals surface area contributed by atoms with Crippen LogP contribution >= 0.6 is 0 Å². The lowest BCUT2D eigenvalue weighted by Crippen LogP contribution is -2.39. The largest absolute Gasteiger partial charge is 0.409 e. The number of nitrogens with one attached hydrogen (secondary N) is 1. The number of carbonyl (C=O) groups excluding carboxylic acids is 1. The van der Waals surface area contributed by atoms with E-state index in [0.29, 0.717) is 32.8 Å². The van der Waals surface area contributed by atoms with Gasteiger partial charge in [-0.25, -0.2) is 0 Å². The second-order valence-corrected chi connectivity index (χ2v) is 4.09. The highest BCUT2D eigenvalue weighted by atomic mass is 16.5. The molecule has 0 aromatic rings. The van der Waals surface area contributed by atoms with Crippen molar-refractivity contribution in [3.05, 3.63) is 0 Å². The molecule has 1 amide bonds. The Bertz CT molecular complexity index is 272. The molecule has 19 heavy (non-hydrogen) atoms. The average molecular weight is 275 g/mol. The molecule has 0 heterocycles. The Morgan fingerprint density at radius 2 is 2.11 bits per heavy atom. The number of nitrogens with two attached hydrogens (primary N) is 1. The van der Waals surface area contributed by atoms with Crippen molar-refractivity contribution in [1.82, 2.24) is 5.32 Å². The molecule has 0 aliphatic rings. The lowest BCUT2D eigenvalue weighted by Gasteiger charge is -2.13. The quantitative estimate of drug-likeness (QED) is 0.165. The van der Waals surface area contributed by atoms with E-state index in [1.807, 2.05) is 6.92 Å². The second-order valence-electron chi connectivity index (χ2n) is 4.09. The number of unbranched alkanes of at least 4 members (excludes halogenated alkanes) is 1. The molecule has 1 unspecified atom stereocenters. The Labute approximate surface area is 114 Å². The second kappa shape index (κ2) is 11.7. The maximum absolute atomic E-state index is 11.7. The third-order valence-electron chi connectivity index (χ3n) is 2.64. The zero-order valence-electron chi connectivity index (χ0n) is 11.7. The van der Waals surface area contributed by atoms with E-state index in [0.717, 1.165) is 12.8 Å². The van der Waals surface area contributed by atoms with Crippen LogP contribution in [0.25, 0.3) is 0 Å². The molecule has 0 aromatic carbocycles. The first-order valence-electron chi connectivity index (χ1n) is 6.49. The Kier molecular flexibility index (Phi) is 10.9. The molecule has 0 saturated heterocycles. The van der Waals surface area contributed by atoms with Crippen LogP contribution in [-0.2, 0) is 14.3 Å². The van der Waals surface area contributed by atoms with Gasteiger partial charge in [-0.15, -0.1) is 0 Å². The molecule has 1 atom stereocenters. The van der Waals surface area contributed by atoms with Gasteiger partial charge in [0.05, 0.1) is 19.1 Å². The minimum atomic E-state index is -0.567. The fraction of sp³-hybridized carbons (Fsp3) is 0.833. The fourth-order valence-corrected chi connectivity index (χ4v) is 1.51. The zero-order valence-corrected chi connectivity index (χ0v) is 11.7. The van der Waals surface area contributed by atoms with Crippen LogP contribution < -0.4 is 11.1 Å². The highest BCUT2D eigenvalue weighted by molar-refractivity contribution is 6.01. The van der Waals surface area contributed by atoms with Crippen LogP contribution in [0.1, 0.15) is 26.2 Å². The van der Waals surface area contributed by atoms with Gasteiger partial charge in [-0.05, 0) is 19.3 Å². The van der Waals surface area contributed by atoms with Crippen molar-refractivity contribution in [3.8, 4) is 0 Å². The molecule has 0 bridgehead atoms. The number of rotatable bonds is 11. The predicted molar refractivity (Wildman–Crippen MR) is 72.1 cm³/mol. The van der Waals surface area contributed by atoms with E-state index >= 15 is 0 Å². The van der Waals surface area contributed by atoms with Crippen molar-refractivity contribution in [3.63, 3.8) is 0 Å². The van der Waals surface area contributed by atoms with Gasteiger partial charge in [0, 0.05) is 20.3 Å². The molecule has 0 saturated carbocycles. The number of carbonyl (C=O) groups is 1. The number of methoxy groups -OCH3 is 1. The molecule has 0 aromatic heterocycles. The number of hydrogen-bond donors (Lipinski definition) is 3. The summed E-state index contributed by atoms with van der Waals surface area (Å²) in [6.07, 6.45) is 2.19. The van der Waals surface area contributed by atoms with Crippen LogP contribution in [-0.4, -0.2) is 50.4 Å². The molecule has 7 nitrogen and oxygen atoms in total. The minimum absolute atomic E-state index is 0.0529. The number of hydrogen-bond acceptors (Lipinski definition) is 5. The summed E-state index contributed by atoms with van der Waals surface area (Å²) >= 11 is 0. The molecule has 7 heteroatoms. The molecule has 0 aliphatic heterocycles. The third-order valence-corrected chi connectivity index (χ3v) is 2.64. The van der Waals surface area contributed by atoms with E-state index in [1.54, 1.807) is 7.11 Å². The summed E-state index contributed by atoms with van der Waals surface area (Å²) in [4.78, 5) is 11.7. The number of amides is 1. The van der Waals surface area contributed by atoms with E-state index in [1.165, 1.54) is 0 Å². The molecule has 0 fully saturated rings. The third kappa shape index (κ3) is 8.39. The van der Waals surface area contributed by atoms with Gasteiger partial charge >= 0.3 is 0 Å². The molecule has 4 N–H and O–H groups in total. The Morgan fingerprint density at radius 1 is 1.37 bits per heavy atom. The first kappa shape index (κ1) is 17.7. The molecule has 0 radical (unpaired) electrons. The molecular weight excluding hydrogens is 250 g/mol. The van der Waals surface area contributed by atoms with E-state index in [-0.39, 0.29) is 11.7 Å². The topological polar surface area (TPSA) is 106 Å². The number of ether oxygens (including phenoxy) is 2. The van der Waals surface area contributed by atoms with E-state index in [4.69, 9.17) is 20.4 Å². The van der Waals surface area contributed by atoms with Gasteiger partial charge in [-0.2, -0.15) is 0 Å². The maximum Gasteiger partial charge on any atom is 0.230 e. The van der Waals surface area contributed by atoms with Crippen LogP contribution in [0.15, 0.2) is 5.16 Å². The predicted octanol–water partition coefficient (Wildman–Crippen LogP) is 0.318. The summed E-state index contributed by atoms with van der Waals surface area (Å²) in [6, 6.07) is 0. The summed E-state index contributed by atoms with van der Waals surface area (Å²) < 4.78 is 10.1. The number of oxime groups is 1. The van der Waals surface area contributed by atoms with Crippen molar-refractivity contribution in [2.24, 2.45) is 16.8 Å². The van der Waals surface area contributed by atoms with E-state index < -0.39 is 5.92 Å². The van der Waals surface area contributed by atoms with Crippen LogP contribution in [0.4, 0.5) is 0 Å². The van der Waals surface area contributed by atoms with Crippen molar-refractivity contribution < 1.29 is 19.5 Å². The van der Waals surface area contributed by atoms with Gasteiger partial charge in [-0.3, -0.25) is 4.79 Å². The zero-order chi connectivity index (χ0) is 14.5. The molecule has 0 spiro atoms. The summed E-state index contributed by atoms with van der Waals surface area (Å²) in [5, 5.41) is 14.2. The van der Waals surface area contributed by atoms with Gasteiger partial charge in [-0.1, -0.05) is 12.1 Å². The van der Waals surface area contributed by atoms with Crippen LogP contribution in [0.3, 0.4) is 0 Å². The van der Waals surface area contributed by atoms with Crippen LogP contribution in [0.2, 0.25) is 0 Å². The van der Waals surface area contributed by atoms with Crippen molar-refractivity contribution in [2.45, 2.75) is 26.2 Å². The van der Waals surface area contributed by atoms with Crippen molar-refractivity contribution >= 4 is 11.7 Å². The summed E-state index contributed by atoms with van der Waals surface area (Å²) in [5.41, 5.74) is 5.43. The molecule has 0 aliphatic carbocycles. The Hall–Kier alpha value is -1.34. The number of amidine groups is 1. The molecule has 0 rings (SSSR count). The van der Waals surface area contributed by atoms with Crippen LogP contribution in [0.5, 0.6) is 0 Å². The normalized spacial score (nSPS) is 13.3. The minimum Gasteiger partial charge on any atom is -0.409 e. The van der Waals surface area contributed by atoms with E-state index in [2.05, 4.69) is 10.5 Å². The maximum atomic E-state index is 11.7. The van der Waals surface area contributed by atoms with Crippen molar-refractivity contribution in [2.75, 3.05) is 33.5 Å². The first-order valence-corrected chi connectivity index (χ1v) is 6.49. The van der Waals surface area contributed by atoms with Gasteiger partial charge in [0.1, 0.15) is 0 Å². The standard InChI is InChI=1S/C12H25N3O4/c1-3-10(11(13)15-17)12(16)14-6-4-5-7-19-9-8-18-2/h10,17H,3-9H2,1-2H3,(H2,13,15)(H,14,16). The van der Waals surface area contributed by atoms with Gasteiger partial charge in [0.25, 0.3) is 0 Å². The molecule has 112 valence electrons. The summed E-state index contributed by atoms with van der Waals surface area (Å²) in [7, 11) is 1.63. The average Bonchev–Trinajstić information content (AvgIpc) is 2.42. The first-order chi connectivity index (χ1) is 9.17. The van der Waals surface area contributed by atoms with E-state index in [9.17, 15) is 4.79 Å². The number of nitrogens with zero attached hydrogens (tertiary/aromatic N) is 1. The summed E-state index contributed by atoms with van der Waals surface area (Å²) in [5.74, 6) is -0.830. The van der Waals surface area contributed by atoms with Gasteiger partial charge in [0.15, 0.2) is 5.84 Å². The Balaban J connectivity index is 3.62.